The Morgan fingerprint density at radius 2 is 2.06 bits per heavy atom. The molecular formula is C15H23ClN2. The molecule has 0 spiro atoms. The molecular weight excluding hydrogens is 244 g/mol. The van der Waals surface area contributed by atoms with E-state index < -0.39 is 0 Å². The Morgan fingerprint density at radius 3 is 2.61 bits per heavy atom. The SMILES string of the molecule is Cc1ccc(CN2CCC(C(C)N)CC2)cc1Cl. The number of benzene rings is 1. The Kier molecular flexibility index (Phi) is 4.66. The summed E-state index contributed by atoms with van der Waals surface area (Å²) in [4.78, 5) is 2.50. The van der Waals surface area contributed by atoms with Crippen LogP contribution in [0.5, 0.6) is 0 Å². The Hall–Kier alpha value is -0.570. The number of halogens is 1. The van der Waals surface area contributed by atoms with E-state index in [2.05, 4.69) is 30.0 Å². The highest BCUT2D eigenvalue weighted by Gasteiger charge is 2.21. The van der Waals surface area contributed by atoms with Crippen LogP contribution in [-0.4, -0.2) is 24.0 Å². The second kappa shape index (κ2) is 6.05. The summed E-state index contributed by atoms with van der Waals surface area (Å²) in [5.74, 6) is 0.697. The quantitative estimate of drug-likeness (QED) is 0.910. The molecule has 1 aliphatic heterocycles. The Balaban J connectivity index is 1.89. The van der Waals surface area contributed by atoms with Gasteiger partial charge in [-0.1, -0.05) is 23.7 Å². The number of nitrogens with two attached hydrogens (primary N) is 1. The van der Waals surface area contributed by atoms with Crippen molar-refractivity contribution in [3.63, 3.8) is 0 Å². The zero-order valence-electron chi connectivity index (χ0n) is 11.3. The number of rotatable bonds is 3. The lowest BCUT2D eigenvalue weighted by atomic mass is 9.91. The highest BCUT2D eigenvalue weighted by atomic mass is 35.5. The molecule has 0 aromatic heterocycles. The molecule has 0 amide bonds. The molecule has 1 aromatic rings. The molecule has 0 bridgehead atoms. The molecule has 1 atom stereocenters. The lowest BCUT2D eigenvalue weighted by molar-refractivity contribution is 0.166. The summed E-state index contributed by atoms with van der Waals surface area (Å²) >= 11 is 6.16. The molecule has 3 heteroatoms. The van der Waals surface area contributed by atoms with E-state index in [4.69, 9.17) is 17.3 Å². The fourth-order valence-electron chi connectivity index (χ4n) is 2.63. The van der Waals surface area contributed by atoms with Crippen molar-refractivity contribution >= 4 is 11.6 Å². The molecule has 1 unspecified atom stereocenters. The predicted octanol–water partition coefficient (Wildman–Crippen LogP) is 3.21. The molecule has 1 heterocycles. The fourth-order valence-corrected chi connectivity index (χ4v) is 2.83. The van der Waals surface area contributed by atoms with Crippen LogP contribution in [0.15, 0.2) is 18.2 Å². The minimum atomic E-state index is 0.334. The Labute approximate surface area is 115 Å². The second-order valence-corrected chi connectivity index (χ2v) is 5.96. The largest absolute Gasteiger partial charge is 0.328 e. The van der Waals surface area contributed by atoms with Crippen molar-refractivity contribution in [2.75, 3.05) is 13.1 Å². The first-order chi connectivity index (χ1) is 8.56. The smallest absolute Gasteiger partial charge is 0.0438 e. The average Bonchev–Trinajstić information content (AvgIpc) is 2.34. The average molecular weight is 267 g/mol. The molecule has 1 fully saturated rings. The third kappa shape index (κ3) is 3.47. The van der Waals surface area contributed by atoms with Crippen LogP contribution in [-0.2, 0) is 6.54 Å². The van der Waals surface area contributed by atoms with E-state index in [-0.39, 0.29) is 0 Å². The molecule has 18 heavy (non-hydrogen) atoms. The van der Waals surface area contributed by atoms with Crippen molar-refractivity contribution in [2.45, 2.75) is 39.3 Å². The molecule has 2 rings (SSSR count). The third-order valence-corrected chi connectivity index (χ3v) is 4.43. The van der Waals surface area contributed by atoms with Crippen LogP contribution in [0.2, 0.25) is 5.02 Å². The van der Waals surface area contributed by atoms with Crippen LogP contribution in [0.3, 0.4) is 0 Å². The number of likely N-dealkylation sites (tertiary alicyclic amines) is 1. The van der Waals surface area contributed by atoms with Crippen molar-refractivity contribution in [1.82, 2.24) is 4.90 Å². The zero-order valence-corrected chi connectivity index (χ0v) is 12.1. The van der Waals surface area contributed by atoms with E-state index in [0.29, 0.717) is 12.0 Å². The van der Waals surface area contributed by atoms with E-state index in [0.717, 1.165) is 30.2 Å². The molecule has 1 saturated heterocycles. The van der Waals surface area contributed by atoms with E-state index in [1.54, 1.807) is 0 Å². The summed E-state index contributed by atoms with van der Waals surface area (Å²) in [7, 11) is 0. The summed E-state index contributed by atoms with van der Waals surface area (Å²) in [6.45, 7) is 7.47. The normalized spacial score (nSPS) is 20.0. The van der Waals surface area contributed by atoms with Crippen LogP contribution in [0, 0.1) is 12.8 Å². The van der Waals surface area contributed by atoms with Crippen molar-refractivity contribution in [3.8, 4) is 0 Å². The number of piperidine rings is 1. The number of aryl methyl sites for hydroxylation is 1. The summed E-state index contributed by atoms with van der Waals surface area (Å²) in [6, 6.07) is 6.71. The van der Waals surface area contributed by atoms with E-state index in [1.807, 2.05) is 6.92 Å². The first kappa shape index (κ1) is 13.9. The van der Waals surface area contributed by atoms with Crippen LogP contribution < -0.4 is 5.73 Å². The molecule has 1 aromatic carbocycles. The molecule has 0 aliphatic carbocycles. The van der Waals surface area contributed by atoms with Crippen molar-refractivity contribution < 1.29 is 0 Å². The topological polar surface area (TPSA) is 29.3 Å². The predicted molar refractivity (Wildman–Crippen MR) is 77.8 cm³/mol. The summed E-state index contributed by atoms with van der Waals surface area (Å²) < 4.78 is 0. The minimum absolute atomic E-state index is 0.334. The van der Waals surface area contributed by atoms with Gasteiger partial charge in [0.1, 0.15) is 0 Å². The first-order valence-corrected chi connectivity index (χ1v) is 7.17. The van der Waals surface area contributed by atoms with Crippen molar-refractivity contribution in [3.05, 3.63) is 34.3 Å². The number of hydrogen-bond donors (Lipinski definition) is 1. The van der Waals surface area contributed by atoms with E-state index in [9.17, 15) is 0 Å². The highest BCUT2D eigenvalue weighted by Crippen LogP contribution is 2.22. The Bertz CT molecular complexity index is 395. The van der Waals surface area contributed by atoms with Gasteiger partial charge in [-0.2, -0.15) is 0 Å². The molecule has 2 nitrogen and oxygen atoms in total. The lowest BCUT2D eigenvalue weighted by Crippen LogP contribution is -2.39. The van der Waals surface area contributed by atoms with Gasteiger partial charge >= 0.3 is 0 Å². The lowest BCUT2D eigenvalue weighted by Gasteiger charge is -2.33. The maximum atomic E-state index is 6.16. The number of nitrogens with zero attached hydrogens (tertiary/aromatic N) is 1. The molecule has 0 radical (unpaired) electrons. The van der Waals surface area contributed by atoms with Gasteiger partial charge in [-0.15, -0.1) is 0 Å². The van der Waals surface area contributed by atoms with Crippen molar-refractivity contribution in [2.24, 2.45) is 11.7 Å². The summed E-state index contributed by atoms with van der Waals surface area (Å²) in [6.07, 6.45) is 2.44. The minimum Gasteiger partial charge on any atom is -0.328 e. The van der Waals surface area contributed by atoms with Gasteiger partial charge in [0.2, 0.25) is 0 Å². The maximum Gasteiger partial charge on any atom is 0.0438 e. The van der Waals surface area contributed by atoms with Gasteiger partial charge in [0.15, 0.2) is 0 Å². The first-order valence-electron chi connectivity index (χ1n) is 6.79. The summed E-state index contributed by atoms with van der Waals surface area (Å²) in [5.41, 5.74) is 8.42. The van der Waals surface area contributed by atoms with Gasteiger partial charge in [0.05, 0.1) is 0 Å². The van der Waals surface area contributed by atoms with Crippen molar-refractivity contribution in [1.29, 1.82) is 0 Å². The highest BCUT2D eigenvalue weighted by molar-refractivity contribution is 6.31. The van der Waals surface area contributed by atoms with Crippen LogP contribution in [0.1, 0.15) is 30.9 Å². The van der Waals surface area contributed by atoms with Gasteiger partial charge in [-0.3, -0.25) is 4.90 Å². The second-order valence-electron chi connectivity index (χ2n) is 5.56. The van der Waals surface area contributed by atoms with E-state index in [1.165, 1.54) is 18.4 Å². The molecule has 100 valence electrons. The van der Waals surface area contributed by atoms with Gasteiger partial charge in [0, 0.05) is 17.6 Å². The molecule has 2 N–H and O–H groups in total. The van der Waals surface area contributed by atoms with Gasteiger partial charge < -0.3 is 5.73 Å². The van der Waals surface area contributed by atoms with E-state index >= 15 is 0 Å². The molecule has 0 saturated carbocycles. The van der Waals surface area contributed by atoms with Crippen LogP contribution in [0.25, 0.3) is 0 Å². The standard InChI is InChI=1S/C15H23ClN2/c1-11-3-4-13(9-15(11)16)10-18-7-5-14(6-8-18)12(2)17/h3-4,9,12,14H,5-8,10,17H2,1-2H3. The summed E-state index contributed by atoms with van der Waals surface area (Å²) in [5, 5.41) is 0.873. The fraction of sp³-hybridized carbons (Fsp3) is 0.600. The zero-order chi connectivity index (χ0) is 13.1. The monoisotopic (exact) mass is 266 g/mol. The molecule has 1 aliphatic rings. The number of hydrogen-bond acceptors (Lipinski definition) is 2. The van der Waals surface area contributed by atoms with Crippen LogP contribution in [0.4, 0.5) is 0 Å². The third-order valence-electron chi connectivity index (χ3n) is 4.02. The maximum absolute atomic E-state index is 6.16. The van der Waals surface area contributed by atoms with Gasteiger partial charge in [0.25, 0.3) is 0 Å². The van der Waals surface area contributed by atoms with Gasteiger partial charge in [-0.05, 0) is 62.9 Å². The van der Waals surface area contributed by atoms with Gasteiger partial charge in [-0.25, -0.2) is 0 Å². The Morgan fingerprint density at radius 1 is 1.39 bits per heavy atom. The van der Waals surface area contributed by atoms with Crippen LogP contribution >= 0.6 is 11.6 Å².